The Labute approximate surface area is 238 Å². The van der Waals surface area contributed by atoms with Crippen LogP contribution in [0.2, 0.25) is 0 Å². The van der Waals surface area contributed by atoms with Gasteiger partial charge in [-0.25, -0.2) is 4.79 Å². The summed E-state index contributed by atoms with van der Waals surface area (Å²) in [5.74, 6) is -3.88. The molecule has 4 rings (SSSR count). The van der Waals surface area contributed by atoms with E-state index in [1.807, 2.05) is 30.3 Å². The van der Waals surface area contributed by atoms with Gasteiger partial charge in [0.2, 0.25) is 5.79 Å². The standard InChI is InChI=1S/C30H37NO10/c1-18(32)39-27-26(34)25-16-31-17-30(36,41-25)28(27)40-29(35)22(14-19-11-12-23(33)24(15-19)38-3)21(10-7-13-37-2)20-8-5-4-6-9-20/h4-6,8-9,11-12,14-15,21,25-28,31,33-34,36H,7,10,13,16-17H2,1-3H3/t21-,25+,26-,27-,28+,30+/m0/s1. The molecule has 2 bridgehead atoms. The fraction of sp³-hybridized carbons (Fsp3) is 0.467. The van der Waals surface area contributed by atoms with Crippen LogP contribution in [-0.4, -0.2) is 91.4 Å². The Morgan fingerprint density at radius 3 is 2.61 bits per heavy atom. The van der Waals surface area contributed by atoms with Crippen molar-refractivity contribution >= 4 is 18.0 Å². The van der Waals surface area contributed by atoms with Gasteiger partial charge >= 0.3 is 11.9 Å². The van der Waals surface area contributed by atoms with E-state index in [-0.39, 0.29) is 30.2 Å². The van der Waals surface area contributed by atoms with Crippen LogP contribution in [0.25, 0.3) is 6.08 Å². The maximum atomic E-state index is 14.1. The van der Waals surface area contributed by atoms with Crippen molar-refractivity contribution in [2.75, 3.05) is 33.9 Å². The van der Waals surface area contributed by atoms with Gasteiger partial charge in [0.1, 0.15) is 12.2 Å². The molecule has 2 aromatic rings. The van der Waals surface area contributed by atoms with E-state index in [0.717, 1.165) is 5.56 Å². The predicted octanol–water partition coefficient (Wildman–Crippen LogP) is 1.89. The molecule has 2 heterocycles. The van der Waals surface area contributed by atoms with Crippen molar-refractivity contribution in [3.63, 3.8) is 0 Å². The van der Waals surface area contributed by atoms with E-state index in [2.05, 4.69) is 5.32 Å². The van der Waals surface area contributed by atoms with Crippen molar-refractivity contribution in [2.45, 2.75) is 55.9 Å². The second-order valence-corrected chi connectivity index (χ2v) is 10.2. The van der Waals surface area contributed by atoms with Crippen molar-refractivity contribution in [3.8, 4) is 11.5 Å². The smallest absolute Gasteiger partial charge is 0.335 e. The summed E-state index contributed by atoms with van der Waals surface area (Å²) in [6.45, 7) is 1.73. The first-order chi connectivity index (χ1) is 19.7. The maximum absolute atomic E-state index is 14.1. The number of carbonyl (C=O) groups is 2. The van der Waals surface area contributed by atoms with Crippen LogP contribution in [0.15, 0.2) is 54.1 Å². The van der Waals surface area contributed by atoms with Crippen LogP contribution in [0.5, 0.6) is 11.5 Å². The van der Waals surface area contributed by atoms with Gasteiger partial charge < -0.3 is 44.3 Å². The Morgan fingerprint density at radius 2 is 1.93 bits per heavy atom. The number of hydrogen-bond donors (Lipinski definition) is 4. The molecule has 2 fully saturated rings. The molecule has 0 unspecified atom stereocenters. The highest BCUT2D eigenvalue weighted by atomic mass is 16.7. The molecule has 0 aromatic heterocycles. The number of β-amino-alcohol motifs (C(OH)–C–C–N with tert-alkyl or cyclic N) is 1. The van der Waals surface area contributed by atoms with E-state index >= 15 is 0 Å². The van der Waals surface area contributed by atoms with Gasteiger partial charge in [-0.3, -0.25) is 4.79 Å². The van der Waals surface area contributed by atoms with Crippen LogP contribution in [0.3, 0.4) is 0 Å². The molecule has 0 amide bonds. The zero-order valence-corrected chi connectivity index (χ0v) is 23.3. The first-order valence-electron chi connectivity index (χ1n) is 13.5. The molecule has 0 aliphatic carbocycles. The third-order valence-corrected chi connectivity index (χ3v) is 7.26. The molecule has 0 radical (unpaired) electrons. The highest BCUT2D eigenvalue weighted by Crippen LogP contribution is 2.38. The van der Waals surface area contributed by atoms with Gasteiger partial charge in [0, 0.05) is 38.7 Å². The lowest BCUT2D eigenvalue weighted by atomic mass is 9.85. The predicted molar refractivity (Wildman–Crippen MR) is 147 cm³/mol. The Hall–Kier alpha value is -3.48. The fourth-order valence-electron chi connectivity index (χ4n) is 5.29. The number of phenols is 1. The van der Waals surface area contributed by atoms with E-state index in [4.69, 9.17) is 23.7 Å². The summed E-state index contributed by atoms with van der Waals surface area (Å²) < 4.78 is 27.5. The van der Waals surface area contributed by atoms with Gasteiger partial charge in [-0.05, 0) is 42.2 Å². The number of hydrogen-bond acceptors (Lipinski definition) is 11. The molecule has 2 aliphatic rings. The van der Waals surface area contributed by atoms with Crippen molar-refractivity contribution < 1.29 is 48.6 Å². The van der Waals surface area contributed by atoms with Crippen molar-refractivity contribution in [2.24, 2.45) is 0 Å². The number of ether oxygens (including phenoxy) is 5. The highest BCUT2D eigenvalue weighted by molar-refractivity contribution is 5.95. The highest BCUT2D eigenvalue weighted by Gasteiger charge is 2.59. The van der Waals surface area contributed by atoms with Crippen molar-refractivity contribution in [3.05, 3.63) is 65.2 Å². The largest absolute Gasteiger partial charge is 0.504 e. The monoisotopic (exact) mass is 571 g/mol. The van der Waals surface area contributed by atoms with Crippen LogP contribution >= 0.6 is 0 Å². The summed E-state index contributed by atoms with van der Waals surface area (Å²) in [6.07, 6.45) is -2.37. The Balaban J connectivity index is 1.78. The summed E-state index contributed by atoms with van der Waals surface area (Å²) in [5, 5.41) is 35.3. The summed E-state index contributed by atoms with van der Waals surface area (Å²) >= 11 is 0. The van der Waals surface area contributed by atoms with E-state index in [1.165, 1.54) is 20.1 Å². The third kappa shape index (κ3) is 7.06. The van der Waals surface area contributed by atoms with Gasteiger partial charge in [-0.1, -0.05) is 36.4 Å². The Bertz CT molecular complexity index is 1240. The maximum Gasteiger partial charge on any atom is 0.335 e. The lowest BCUT2D eigenvalue weighted by Gasteiger charge is -2.51. The third-order valence-electron chi connectivity index (χ3n) is 7.26. The summed E-state index contributed by atoms with van der Waals surface area (Å²) in [4.78, 5) is 26.1. The summed E-state index contributed by atoms with van der Waals surface area (Å²) in [5.41, 5.74) is 1.62. The lowest BCUT2D eigenvalue weighted by molar-refractivity contribution is -0.355. The summed E-state index contributed by atoms with van der Waals surface area (Å²) in [6, 6.07) is 14.1. The minimum Gasteiger partial charge on any atom is -0.504 e. The number of nitrogens with one attached hydrogen (secondary N) is 1. The number of aliphatic hydroxyl groups is 2. The van der Waals surface area contributed by atoms with Gasteiger partial charge in [-0.15, -0.1) is 0 Å². The first-order valence-corrected chi connectivity index (χ1v) is 13.5. The van der Waals surface area contributed by atoms with Crippen LogP contribution < -0.4 is 10.1 Å². The molecule has 11 nitrogen and oxygen atoms in total. The molecule has 11 heteroatoms. The number of methoxy groups -OCH3 is 2. The number of aromatic hydroxyl groups is 1. The van der Waals surface area contributed by atoms with Gasteiger partial charge in [0.05, 0.1) is 13.7 Å². The molecule has 0 saturated carbocycles. The van der Waals surface area contributed by atoms with Crippen molar-refractivity contribution in [1.29, 1.82) is 0 Å². The normalized spacial score (nSPS) is 26.6. The molecule has 0 spiro atoms. The molecule has 41 heavy (non-hydrogen) atoms. The van der Waals surface area contributed by atoms with E-state index in [9.17, 15) is 24.9 Å². The minimum atomic E-state index is -2.05. The topological polar surface area (TPSA) is 153 Å². The lowest BCUT2D eigenvalue weighted by Crippen LogP contribution is -2.73. The van der Waals surface area contributed by atoms with Crippen LogP contribution in [-0.2, 0) is 28.5 Å². The molecule has 2 aromatic carbocycles. The molecule has 222 valence electrons. The zero-order chi connectivity index (χ0) is 29.6. The second-order valence-electron chi connectivity index (χ2n) is 10.2. The molecule has 4 N–H and O–H groups in total. The molecule has 6 atom stereocenters. The second kappa shape index (κ2) is 13.5. The number of esters is 2. The number of aliphatic hydroxyl groups excluding tert-OH is 1. The van der Waals surface area contributed by atoms with Crippen LogP contribution in [0.1, 0.15) is 36.8 Å². The average Bonchev–Trinajstić information content (AvgIpc) is 2.96. The number of carbonyl (C=O) groups excluding carboxylic acids is 2. The Morgan fingerprint density at radius 1 is 1.17 bits per heavy atom. The minimum absolute atomic E-state index is 0.0624. The zero-order valence-electron chi connectivity index (χ0n) is 23.3. The van der Waals surface area contributed by atoms with E-state index < -0.39 is 48.1 Å². The van der Waals surface area contributed by atoms with Gasteiger partial charge in [0.25, 0.3) is 0 Å². The number of benzene rings is 2. The van der Waals surface area contributed by atoms with Crippen LogP contribution in [0.4, 0.5) is 0 Å². The molecular weight excluding hydrogens is 534 g/mol. The SMILES string of the molecule is COCCC[C@H](C(=Cc1ccc(O)c(OC)c1)C(=O)O[C@@H]1[C@@H](OC(C)=O)[C@@H](O)[C@H]2CNC[C@@]1(O)O2)c1ccccc1. The van der Waals surface area contributed by atoms with E-state index in [0.29, 0.717) is 25.0 Å². The van der Waals surface area contributed by atoms with Gasteiger partial charge in [-0.2, -0.15) is 0 Å². The summed E-state index contributed by atoms with van der Waals surface area (Å²) in [7, 11) is 3.02. The quantitative estimate of drug-likeness (QED) is 0.178. The van der Waals surface area contributed by atoms with Gasteiger partial charge in [0.15, 0.2) is 23.7 Å². The van der Waals surface area contributed by atoms with Crippen molar-refractivity contribution in [1.82, 2.24) is 5.32 Å². The van der Waals surface area contributed by atoms with Crippen LogP contribution in [0, 0.1) is 0 Å². The number of rotatable bonds is 11. The number of fused-ring (bicyclic) bond motifs is 2. The molecule has 2 aliphatic heterocycles. The first kappa shape index (κ1) is 30.5. The molecule has 2 saturated heterocycles. The average molecular weight is 572 g/mol. The number of phenolic OH excluding ortho intramolecular Hbond substituents is 1. The number of morpholine rings is 1. The Kier molecular flexibility index (Phi) is 10.0. The van der Waals surface area contributed by atoms with E-state index in [1.54, 1.807) is 25.3 Å². The fourth-order valence-corrected chi connectivity index (χ4v) is 5.29. The molecular formula is C30H37NO10.